The molecule has 3 heteroatoms. The summed E-state index contributed by atoms with van der Waals surface area (Å²) in [5.41, 5.74) is 5.63. The van der Waals surface area contributed by atoms with Crippen LogP contribution in [0.5, 0.6) is 0 Å². The Bertz CT molecular complexity index is 700. The van der Waals surface area contributed by atoms with E-state index >= 15 is 0 Å². The molecule has 0 bridgehead atoms. The molecule has 0 fully saturated rings. The van der Waals surface area contributed by atoms with Gasteiger partial charge in [-0.2, -0.15) is 0 Å². The zero-order valence-corrected chi connectivity index (χ0v) is 12.3. The van der Waals surface area contributed by atoms with E-state index in [1.165, 1.54) is 11.1 Å². The van der Waals surface area contributed by atoms with Crippen molar-refractivity contribution in [1.82, 2.24) is 4.98 Å². The summed E-state index contributed by atoms with van der Waals surface area (Å²) in [4.78, 5) is 18.1. The average Bonchev–Trinajstić information content (AvgIpc) is 2.90. The first-order valence-electron chi connectivity index (χ1n) is 7.15. The van der Waals surface area contributed by atoms with Crippen LogP contribution in [0.2, 0.25) is 0 Å². The molecule has 1 amide bonds. The lowest BCUT2D eigenvalue weighted by Crippen LogP contribution is -2.27. The van der Waals surface area contributed by atoms with Gasteiger partial charge in [-0.15, -0.1) is 0 Å². The van der Waals surface area contributed by atoms with Crippen LogP contribution in [0.15, 0.2) is 54.4 Å². The Labute approximate surface area is 124 Å². The molecule has 3 rings (SSSR count). The van der Waals surface area contributed by atoms with Crippen LogP contribution in [-0.4, -0.2) is 17.4 Å². The first kappa shape index (κ1) is 13.6. The van der Waals surface area contributed by atoms with Gasteiger partial charge >= 0.3 is 0 Å². The highest BCUT2D eigenvalue weighted by Crippen LogP contribution is 2.32. The number of benzene rings is 1. The van der Waals surface area contributed by atoms with Crippen LogP contribution >= 0.6 is 0 Å². The number of hydrogen-bond acceptors (Lipinski definition) is 2. The van der Waals surface area contributed by atoms with Gasteiger partial charge in [0.2, 0.25) is 0 Å². The lowest BCUT2D eigenvalue weighted by molar-refractivity contribution is -0.114. The van der Waals surface area contributed by atoms with E-state index in [4.69, 9.17) is 0 Å². The Hall–Kier alpha value is -2.42. The fourth-order valence-electron chi connectivity index (χ4n) is 2.68. The summed E-state index contributed by atoms with van der Waals surface area (Å²) in [7, 11) is 0. The standard InChI is InChI=1S/C18H18N2O/c1-13(2)11-18(21)20-10-7-16-12-15(3-4-17(16)20)14-5-8-19-9-6-14/h3-6,8-9,11-12H,7,10H2,1-2H3. The van der Waals surface area contributed by atoms with Crippen LogP contribution in [0.3, 0.4) is 0 Å². The van der Waals surface area contributed by atoms with E-state index in [1.807, 2.05) is 30.9 Å². The van der Waals surface area contributed by atoms with E-state index in [0.717, 1.165) is 29.8 Å². The normalized spacial score (nSPS) is 13.0. The van der Waals surface area contributed by atoms with E-state index in [-0.39, 0.29) is 5.91 Å². The molecule has 0 spiro atoms. The number of allylic oxidation sites excluding steroid dienone is 1. The minimum atomic E-state index is 0.0745. The average molecular weight is 278 g/mol. The number of carbonyl (C=O) groups excluding carboxylic acids is 1. The van der Waals surface area contributed by atoms with Crippen molar-refractivity contribution in [3.05, 3.63) is 59.9 Å². The number of carbonyl (C=O) groups is 1. The predicted octanol–water partition coefficient (Wildman–Crippen LogP) is 3.60. The summed E-state index contributed by atoms with van der Waals surface area (Å²) in [6, 6.07) is 10.3. The molecule has 0 radical (unpaired) electrons. The van der Waals surface area contributed by atoms with Crippen molar-refractivity contribution in [3.63, 3.8) is 0 Å². The number of rotatable bonds is 2. The van der Waals surface area contributed by atoms with E-state index in [9.17, 15) is 4.79 Å². The third kappa shape index (κ3) is 2.72. The van der Waals surface area contributed by atoms with Crippen molar-refractivity contribution in [2.24, 2.45) is 0 Å². The van der Waals surface area contributed by atoms with Gasteiger partial charge in [-0.3, -0.25) is 9.78 Å². The zero-order chi connectivity index (χ0) is 14.8. The summed E-state index contributed by atoms with van der Waals surface area (Å²) in [6.07, 6.45) is 6.21. The molecule has 21 heavy (non-hydrogen) atoms. The van der Waals surface area contributed by atoms with E-state index in [0.29, 0.717) is 0 Å². The van der Waals surface area contributed by atoms with E-state index < -0.39 is 0 Å². The first-order valence-corrected chi connectivity index (χ1v) is 7.15. The minimum Gasteiger partial charge on any atom is -0.308 e. The molecule has 2 aromatic rings. The van der Waals surface area contributed by atoms with Crippen molar-refractivity contribution in [3.8, 4) is 11.1 Å². The first-order chi connectivity index (χ1) is 10.1. The number of nitrogens with zero attached hydrogens (tertiary/aromatic N) is 2. The van der Waals surface area contributed by atoms with Crippen molar-refractivity contribution in [2.45, 2.75) is 20.3 Å². The Morgan fingerprint density at radius 2 is 1.90 bits per heavy atom. The Balaban J connectivity index is 1.93. The maximum absolute atomic E-state index is 12.2. The molecule has 1 aliphatic heterocycles. The topological polar surface area (TPSA) is 33.2 Å². The molecule has 0 aliphatic carbocycles. The Morgan fingerprint density at radius 3 is 2.62 bits per heavy atom. The largest absolute Gasteiger partial charge is 0.308 e. The molecule has 1 aliphatic rings. The molecule has 106 valence electrons. The summed E-state index contributed by atoms with van der Waals surface area (Å²) in [5, 5.41) is 0. The molecule has 0 atom stereocenters. The summed E-state index contributed by atoms with van der Waals surface area (Å²) in [5.74, 6) is 0.0745. The lowest BCUT2D eigenvalue weighted by Gasteiger charge is -2.16. The molecule has 0 unspecified atom stereocenters. The van der Waals surface area contributed by atoms with Crippen LogP contribution in [0.4, 0.5) is 5.69 Å². The van der Waals surface area contributed by atoms with Gasteiger partial charge in [-0.05, 0) is 61.2 Å². The third-order valence-corrected chi connectivity index (χ3v) is 3.67. The summed E-state index contributed by atoms with van der Waals surface area (Å²) in [6.45, 7) is 4.65. The number of fused-ring (bicyclic) bond motifs is 1. The van der Waals surface area contributed by atoms with Crippen molar-refractivity contribution < 1.29 is 4.79 Å². The van der Waals surface area contributed by atoms with Gasteiger partial charge in [0.05, 0.1) is 0 Å². The molecule has 0 saturated heterocycles. The number of pyridine rings is 1. The maximum atomic E-state index is 12.2. The monoisotopic (exact) mass is 278 g/mol. The minimum absolute atomic E-state index is 0.0745. The summed E-state index contributed by atoms with van der Waals surface area (Å²) < 4.78 is 0. The zero-order valence-electron chi connectivity index (χ0n) is 12.3. The van der Waals surface area contributed by atoms with Gasteiger partial charge < -0.3 is 4.90 Å². The molecule has 1 aromatic carbocycles. The van der Waals surface area contributed by atoms with Gasteiger partial charge in [0.15, 0.2) is 0 Å². The molecular formula is C18H18N2O. The van der Waals surface area contributed by atoms with Crippen LogP contribution in [0, 0.1) is 0 Å². The SMILES string of the molecule is CC(C)=CC(=O)N1CCc2cc(-c3ccncc3)ccc21. The van der Waals surface area contributed by atoms with E-state index in [2.05, 4.69) is 23.2 Å². The lowest BCUT2D eigenvalue weighted by atomic mass is 10.0. The molecule has 0 saturated carbocycles. The smallest absolute Gasteiger partial charge is 0.250 e. The van der Waals surface area contributed by atoms with Gasteiger partial charge in [-0.25, -0.2) is 0 Å². The second-order valence-corrected chi connectivity index (χ2v) is 5.54. The maximum Gasteiger partial charge on any atom is 0.250 e. The number of anilines is 1. The molecule has 0 N–H and O–H groups in total. The predicted molar refractivity (Wildman–Crippen MR) is 85.2 cm³/mol. The van der Waals surface area contributed by atoms with Gasteiger partial charge in [0.25, 0.3) is 5.91 Å². The van der Waals surface area contributed by atoms with Crippen LogP contribution in [0.1, 0.15) is 19.4 Å². The van der Waals surface area contributed by atoms with Crippen LogP contribution < -0.4 is 4.90 Å². The third-order valence-electron chi connectivity index (χ3n) is 3.67. The summed E-state index contributed by atoms with van der Waals surface area (Å²) >= 11 is 0. The highest BCUT2D eigenvalue weighted by Gasteiger charge is 2.23. The Morgan fingerprint density at radius 1 is 1.14 bits per heavy atom. The molecular weight excluding hydrogens is 260 g/mol. The molecule has 2 heterocycles. The van der Waals surface area contributed by atoms with Gasteiger partial charge in [0.1, 0.15) is 0 Å². The number of hydrogen-bond donors (Lipinski definition) is 0. The van der Waals surface area contributed by atoms with Crippen LogP contribution in [0.25, 0.3) is 11.1 Å². The number of aromatic nitrogens is 1. The fraction of sp³-hybridized carbons (Fsp3) is 0.222. The second-order valence-electron chi connectivity index (χ2n) is 5.54. The molecule has 1 aromatic heterocycles. The van der Waals surface area contributed by atoms with Gasteiger partial charge in [0, 0.05) is 30.7 Å². The molecule has 3 nitrogen and oxygen atoms in total. The Kier molecular flexibility index (Phi) is 3.57. The van der Waals surface area contributed by atoms with Crippen molar-refractivity contribution in [1.29, 1.82) is 0 Å². The van der Waals surface area contributed by atoms with Crippen molar-refractivity contribution >= 4 is 11.6 Å². The second kappa shape index (κ2) is 5.52. The fourth-order valence-corrected chi connectivity index (χ4v) is 2.68. The van der Waals surface area contributed by atoms with E-state index in [1.54, 1.807) is 18.5 Å². The number of amides is 1. The van der Waals surface area contributed by atoms with Gasteiger partial charge in [-0.1, -0.05) is 11.6 Å². The van der Waals surface area contributed by atoms with Crippen LogP contribution in [-0.2, 0) is 11.2 Å². The highest BCUT2D eigenvalue weighted by molar-refractivity contribution is 6.03. The highest BCUT2D eigenvalue weighted by atomic mass is 16.2. The van der Waals surface area contributed by atoms with Crippen molar-refractivity contribution in [2.75, 3.05) is 11.4 Å². The quantitative estimate of drug-likeness (QED) is 0.786.